The lowest BCUT2D eigenvalue weighted by Crippen LogP contribution is -2.60. The third kappa shape index (κ3) is 20.3. The van der Waals surface area contributed by atoms with E-state index >= 15 is 0 Å². The van der Waals surface area contributed by atoms with Gasteiger partial charge in [-0.2, -0.15) is 11.8 Å². The second kappa shape index (κ2) is 33.4. The van der Waals surface area contributed by atoms with Gasteiger partial charge in [0, 0.05) is 52.5 Å². The fourth-order valence-corrected chi connectivity index (χ4v) is 12.8. The largest absolute Gasteiger partial charge is 0.469 e. The van der Waals surface area contributed by atoms with Crippen LogP contribution in [-0.2, 0) is 84.5 Å². The molecule has 0 aromatic heterocycles. The molecule has 0 radical (unpaired) electrons. The molecule has 0 spiro atoms. The van der Waals surface area contributed by atoms with Crippen LogP contribution in [0.3, 0.4) is 0 Å². The van der Waals surface area contributed by atoms with Gasteiger partial charge in [-0.15, -0.1) is 0 Å². The molecule has 87 heavy (non-hydrogen) atoms. The second-order valence-electron chi connectivity index (χ2n) is 23.8. The zero-order valence-corrected chi connectivity index (χ0v) is 52.1. The van der Waals surface area contributed by atoms with E-state index in [0.29, 0.717) is 62.7 Å². The molecule has 1 aliphatic carbocycles. The molecule has 4 aliphatic rings. The van der Waals surface area contributed by atoms with Gasteiger partial charge in [-0.3, -0.25) is 47.9 Å². The summed E-state index contributed by atoms with van der Waals surface area (Å²) in [5.41, 5.74) is 1.43. The molecular weight excluding hydrogens is 1140 g/mol. The van der Waals surface area contributed by atoms with Gasteiger partial charge in [0.05, 0.1) is 44.8 Å². The van der Waals surface area contributed by atoms with Crippen LogP contribution >= 0.6 is 11.8 Å². The number of methoxy groups -OCH3 is 1. The molecule has 478 valence electrons. The molecule has 2 aromatic carbocycles. The number of carbonyl (C=O) groups is 11. The molecule has 4 fully saturated rings. The number of cyclic esters (lactones) is 1. The van der Waals surface area contributed by atoms with Crippen LogP contribution in [0.15, 0.2) is 60.7 Å². The van der Waals surface area contributed by atoms with Gasteiger partial charge in [-0.1, -0.05) is 81.4 Å². The number of hydrogen-bond acceptors (Lipinski definition) is 17. The number of thioether (sulfide) groups is 1. The van der Waals surface area contributed by atoms with Crippen LogP contribution in [0.25, 0.3) is 0 Å². The lowest BCUT2D eigenvalue weighted by Gasteiger charge is -2.42. The lowest BCUT2D eigenvalue weighted by molar-refractivity contribution is -0.262. The Kier molecular flexibility index (Phi) is 26.6. The number of rotatable bonds is 11. The number of likely N-dealkylation sites (N-methyl/N-ethyl adjacent to an activating group) is 2. The highest BCUT2D eigenvalue weighted by Gasteiger charge is 2.53. The van der Waals surface area contributed by atoms with E-state index in [0.717, 1.165) is 10.5 Å². The van der Waals surface area contributed by atoms with E-state index in [-0.39, 0.29) is 88.3 Å². The van der Waals surface area contributed by atoms with Crippen molar-refractivity contribution in [3.63, 3.8) is 0 Å². The molecule has 1 saturated carbocycles. The number of fused-ring (bicyclic) bond motifs is 3. The van der Waals surface area contributed by atoms with Crippen LogP contribution in [0.2, 0.25) is 0 Å². The molecule has 24 heteroatoms. The molecule has 3 aliphatic heterocycles. The Morgan fingerprint density at radius 2 is 1.43 bits per heavy atom. The zero-order chi connectivity index (χ0) is 63.4. The first kappa shape index (κ1) is 69.2. The standard InChI is InChI=1S/C63H89N7O16S/c1-39-32-45(22-24-50(39)84-56(75)26-25-55(74)83-7)33-40(2)51-36-52(71)64-28-29-65-53(72)37-68(5)60(79)47(34-43-16-10-8-11-17-43)67-58(77)49(35-44-18-12-9-13-19-44)69(6)59(78)42(4)66-54(73)38-87-31-27-46-23-21-41(3)63(82,86-46)57(76)61(80)70-30-15-14-20-48(70)62(81)85-51/h8-13,16-19,39-42,45-51,82H,14-15,20-38H2,1-7H3,(H,64,71)(H,65,72)(H,66,73)(H,67,77)/t39-,40-,41-,42+,45+,46+,47+,48+,49+,50-,51+,63-/m1/s1. The van der Waals surface area contributed by atoms with Crippen LogP contribution in [0.4, 0.5) is 0 Å². The number of ether oxygens (including phenoxy) is 4. The van der Waals surface area contributed by atoms with Crippen LogP contribution in [0.1, 0.15) is 122 Å². The summed E-state index contributed by atoms with van der Waals surface area (Å²) in [6.07, 6.45) is 2.04. The number of amides is 7. The summed E-state index contributed by atoms with van der Waals surface area (Å²) in [6, 6.07) is 13.3. The van der Waals surface area contributed by atoms with E-state index in [2.05, 4.69) is 26.0 Å². The fraction of sp³-hybridized carbons (Fsp3) is 0.635. The number of piperidine rings is 1. The van der Waals surface area contributed by atoms with Gasteiger partial charge in [0.2, 0.25) is 41.2 Å². The molecule has 7 amide bonds. The van der Waals surface area contributed by atoms with Crippen molar-refractivity contribution in [2.75, 3.05) is 58.9 Å². The van der Waals surface area contributed by atoms with Crippen molar-refractivity contribution in [1.82, 2.24) is 36.0 Å². The molecule has 2 bridgehead atoms. The average molecular weight is 1230 g/mol. The highest BCUT2D eigenvalue weighted by Crippen LogP contribution is 2.38. The minimum absolute atomic E-state index is 0.0136. The minimum Gasteiger partial charge on any atom is -0.469 e. The van der Waals surface area contributed by atoms with E-state index in [1.54, 1.807) is 55.5 Å². The van der Waals surface area contributed by atoms with E-state index in [9.17, 15) is 57.8 Å². The van der Waals surface area contributed by atoms with Crippen LogP contribution < -0.4 is 21.3 Å². The normalized spacial score (nSPS) is 29.2. The molecule has 12 atom stereocenters. The van der Waals surface area contributed by atoms with Crippen LogP contribution in [0, 0.1) is 23.7 Å². The van der Waals surface area contributed by atoms with E-state index < -0.39 is 126 Å². The van der Waals surface area contributed by atoms with E-state index in [1.165, 1.54) is 49.7 Å². The maximum atomic E-state index is 14.6. The van der Waals surface area contributed by atoms with Crippen molar-refractivity contribution >= 4 is 76.8 Å². The summed E-state index contributed by atoms with van der Waals surface area (Å²) in [5.74, 6) is -11.0. The zero-order valence-electron chi connectivity index (χ0n) is 51.3. The van der Waals surface area contributed by atoms with Crippen molar-refractivity contribution in [2.24, 2.45) is 23.7 Å². The third-order valence-corrected chi connectivity index (χ3v) is 18.1. The van der Waals surface area contributed by atoms with Gasteiger partial charge in [0.15, 0.2) is 0 Å². The maximum Gasteiger partial charge on any atom is 0.329 e. The van der Waals surface area contributed by atoms with Gasteiger partial charge < -0.3 is 60.0 Å². The first-order chi connectivity index (χ1) is 41.5. The Morgan fingerprint density at radius 1 is 0.770 bits per heavy atom. The Labute approximate surface area is 514 Å². The SMILES string of the molecule is COC(=O)CCC(=O)O[C@@H]1CC[C@H](C[C@@H](C)[C@@H]2CC(=O)NCCNC(=O)CN(C)C(=O)[C@H](Cc3ccccc3)NC(=O)[C@H](Cc3ccccc3)N(C)C(=O)[C@H](C)NC(=O)CSCC[C@@H]3CC[C@@H](C)[C@@](O)(O3)C(=O)C(=O)N3CCCC[C@H]3C(=O)O2)C[C@H]1C. The minimum atomic E-state index is -2.52. The summed E-state index contributed by atoms with van der Waals surface area (Å²) >= 11 is 1.23. The van der Waals surface area contributed by atoms with Gasteiger partial charge >= 0.3 is 17.9 Å². The fourth-order valence-electron chi connectivity index (χ4n) is 11.9. The van der Waals surface area contributed by atoms with Gasteiger partial charge in [-0.05, 0) is 106 Å². The number of nitrogens with one attached hydrogen (secondary N) is 4. The lowest BCUT2D eigenvalue weighted by atomic mass is 9.75. The molecule has 2 aromatic rings. The van der Waals surface area contributed by atoms with Gasteiger partial charge in [0.1, 0.15) is 36.4 Å². The number of benzene rings is 2. The average Bonchev–Trinajstić information content (AvgIpc) is 2.92. The molecule has 0 unspecified atom stereocenters. The topological polar surface area (TPSA) is 303 Å². The summed E-state index contributed by atoms with van der Waals surface area (Å²) < 4.78 is 22.7. The third-order valence-electron chi connectivity index (χ3n) is 17.1. The Morgan fingerprint density at radius 3 is 2.09 bits per heavy atom. The monoisotopic (exact) mass is 1230 g/mol. The molecule has 23 nitrogen and oxygen atoms in total. The number of aliphatic hydroxyl groups is 1. The number of carbonyl (C=O) groups excluding carboxylic acids is 11. The quantitative estimate of drug-likeness (QED) is 0.123. The predicted octanol–water partition coefficient (Wildman–Crippen LogP) is 3.20. The van der Waals surface area contributed by atoms with Crippen LogP contribution in [-0.4, -0.2) is 192 Å². The number of esters is 3. The highest BCUT2D eigenvalue weighted by atomic mass is 32.2. The molecule has 5 N–H and O–H groups in total. The highest BCUT2D eigenvalue weighted by molar-refractivity contribution is 7.99. The predicted molar refractivity (Wildman–Crippen MR) is 320 cm³/mol. The van der Waals surface area contributed by atoms with Gasteiger partial charge in [-0.25, -0.2) is 4.79 Å². The Balaban J connectivity index is 1.22. The first-order valence-electron chi connectivity index (χ1n) is 30.5. The van der Waals surface area contributed by atoms with Crippen molar-refractivity contribution in [3.8, 4) is 0 Å². The van der Waals surface area contributed by atoms with Crippen molar-refractivity contribution in [1.29, 1.82) is 0 Å². The summed E-state index contributed by atoms with van der Waals surface area (Å²) in [7, 11) is 4.12. The molecule has 3 heterocycles. The number of hydrogen-bond donors (Lipinski definition) is 5. The van der Waals surface area contributed by atoms with Crippen molar-refractivity contribution in [3.05, 3.63) is 71.8 Å². The van der Waals surface area contributed by atoms with E-state index in [4.69, 9.17) is 14.2 Å². The summed E-state index contributed by atoms with van der Waals surface area (Å²) in [5, 5.41) is 23.1. The maximum absolute atomic E-state index is 14.6. The smallest absolute Gasteiger partial charge is 0.329 e. The number of ketones is 1. The molecule has 6 rings (SSSR count). The molecular formula is C63H89N7O16S. The number of Topliss-reactive ketones (excluding diaryl/α,β-unsaturated/α-hetero) is 1. The summed E-state index contributed by atoms with van der Waals surface area (Å²) in [4.78, 5) is 155. The van der Waals surface area contributed by atoms with Gasteiger partial charge in [0.25, 0.3) is 11.7 Å². The Hall–Kier alpha value is -6.92. The second-order valence-corrected chi connectivity index (χ2v) is 24.9. The Bertz CT molecular complexity index is 2720. The van der Waals surface area contributed by atoms with Crippen molar-refractivity contribution in [2.45, 2.75) is 172 Å². The number of nitrogens with zero attached hydrogens (tertiary/aromatic N) is 3. The summed E-state index contributed by atoms with van der Waals surface area (Å²) in [6.45, 7) is 6.40. The van der Waals surface area contributed by atoms with Crippen molar-refractivity contribution < 1.29 is 76.8 Å². The molecule has 3 saturated heterocycles. The first-order valence-corrected chi connectivity index (χ1v) is 31.7. The van der Waals surface area contributed by atoms with Crippen LogP contribution in [0.5, 0.6) is 0 Å². The van der Waals surface area contributed by atoms with E-state index in [1.807, 2.05) is 26.0 Å².